The third-order valence-electron chi connectivity index (χ3n) is 4.02. The number of aryl methyl sites for hydroxylation is 1. The standard InChI is InChI=1S/C19H17FO3/c1-12-13(2)19(21)23-17-10-15(8-9-16(12)17)22-18(11-20)14-6-4-3-5-7-14/h3-10,18H,11H2,1-2H3. The van der Waals surface area contributed by atoms with E-state index in [1.54, 1.807) is 19.1 Å². The highest BCUT2D eigenvalue weighted by Crippen LogP contribution is 2.27. The van der Waals surface area contributed by atoms with Gasteiger partial charge in [0.1, 0.15) is 18.0 Å². The molecule has 3 rings (SSSR count). The summed E-state index contributed by atoms with van der Waals surface area (Å²) >= 11 is 0. The van der Waals surface area contributed by atoms with Crippen molar-refractivity contribution < 1.29 is 13.5 Å². The van der Waals surface area contributed by atoms with E-state index in [4.69, 9.17) is 9.15 Å². The van der Waals surface area contributed by atoms with Crippen molar-refractivity contribution in [1.29, 1.82) is 0 Å². The van der Waals surface area contributed by atoms with Crippen LogP contribution in [0.15, 0.2) is 57.7 Å². The maximum absolute atomic E-state index is 13.3. The van der Waals surface area contributed by atoms with Crippen molar-refractivity contribution in [2.75, 3.05) is 6.67 Å². The van der Waals surface area contributed by atoms with E-state index in [9.17, 15) is 9.18 Å². The predicted octanol–water partition coefficient (Wildman–Crippen LogP) is 4.50. The van der Waals surface area contributed by atoms with Crippen LogP contribution in [0.25, 0.3) is 11.0 Å². The van der Waals surface area contributed by atoms with Gasteiger partial charge >= 0.3 is 5.63 Å². The molecular weight excluding hydrogens is 295 g/mol. The Hall–Kier alpha value is -2.62. The largest absolute Gasteiger partial charge is 0.483 e. The minimum atomic E-state index is -0.688. The van der Waals surface area contributed by atoms with E-state index in [0.29, 0.717) is 16.9 Å². The smallest absolute Gasteiger partial charge is 0.339 e. The fourth-order valence-electron chi connectivity index (χ4n) is 2.52. The lowest BCUT2D eigenvalue weighted by Crippen LogP contribution is -2.10. The highest BCUT2D eigenvalue weighted by Gasteiger charge is 2.14. The van der Waals surface area contributed by atoms with E-state index >= 15 is 0 Å². The summed E-state index contributed by atoms with van der Waals surface area (Å²) in [5.41, 5.74) is 2.32. The Kier molecular flexibility index (Phi) is 4.15. The molecule has 0 aliphatic heterocycles. The van der Waals surface area contributed by atoms with Crippen molar-refractivity contribution in [3.8, 4) is 5.75 Å². The molecule has 4 heteroatoms. The van der Waals surface area contributed by atoms with Crippen LogP contribution in [0.4, 0.5) is 4.39 Å². The van der Waals surface area contributed by atoms with Crippen LogP contribution in [0.1, 0.15) is 22.8 Å². The van der Waals surface area contributed by atoms with Crippen LogP contribution in [0, 0.1) is 13.8 Å². The van der Waals surface area contributed by atoms with Crippen molar-refractivity contribution in [3.05, 3.63) is 75.6 Å². The summed E-state index contributed by atoms with van der Waals surface area (Å²) in [5.74, 6) is 0.468. The molecule has 0 radical (unpaired) electrons. The molecule has 0 amide bonds. The summed E-state index contributed by atoms with van der Waals surface area (Å²) in [6, 6.07) is 14.4. The Labute approximate surface area is 133 Å². The second-order valence-corrected chi connectivity index (χ2v) is 5.47. The molecule has 3 aromatic rings. The molecular formula is C19H17FO3. The van der Waals surface area contributed by atoms with Crippen LogP contribution in [-0.4, -0.2) is 6.67 Å². The zero-order valence-electron chi connectivity index (χ0n) is 13.0. The minimum absolute atomic E-state index is 0.364. The van der Waals surface area contributed by atoms with Gasteiger partial charge in [0.15, 0.2) is 6.10 Å². The Morgan fingerprint density at radius 3 is 2.52 bits per heavy atom. The average molecular weight is 312 g/mol. The lowest BCUT2D eigenvalue weighted by molar-refractivity contribution is 0.167. The van der Waals surface area contributed by atoms with Gasteiger partial charge in [0.2, 0.25) is 0 Å². The molecule has 0 aliphatic rings. The normalized spacial score (nSPS) is 12.3. The third-order valence-corrected chi connectivity index (χ3v) is 4.02. The Morgan fingerprint density at radius 1 is 1.09 bits per heavy atom. The molecule has 0 N–H and O–H groups in total. The molecule has 0 aliphatic carbocycles. The van der Waals surface area contributed by atoms with Crippen LogP contribution in [-0.2, 0) is 0 Å². The van der Waals surface area contributed by atoms with Gasteiger partial charge in [-0.05, 0) is 37.1 Å². The highest BCUT2D eigenvalue weighted by atomic mass is 19.1. The van der Waals surface area contributed by atoms with E-state index in [-0.39, 0.29) is 5.63 Å². The van der Waals surface area contributed by atoms with Crippen LogP contribution in [0.2, 0.25) is 0 Å². The molecule has 0 spiro atoms. The summed E-state index contributed by atoms with van der Waals surface area (Å²) in [4.78, 5) is 11.8. The van der Waals surface area contributed by atoms with Gasteiger partial charge in [0.05, 0.1) is 0 Å². The first-order valence-corrected chi connectivity index (χ1v) is 7.42. The Bertz CT molecular complexity index is 884. The number of fused-ring (bicyclic) bond motifs is 1. The fourth-order valence-corrected chi connectivity index (χ4v) is 2.52. The number of hydrogen-bond donors (Lipinski definition) is 0. The summed E-state index contributed by atoms with van der Waals surface area (Å²) in [7, 11) is 0. The zero-order chi connectivity index (χ0) is 16.4. The van der Waals surface area contributed by atoms with Gasteiger partial charge in [-0.25, -0.2) is 9.18 Å². The molecule has 0 saturated heterocycles. The van der Waals surface area contributed by atoms with Gasteiger partial charge in [-0.1, -0.05) is 30.3 Å². The first kappa shape index (κ1) is 15.3. The number of alkyl halides is 1. The minimum Gasteiger partial charge on any atom is -0.483 e. The molecule has 0 saturated carbocycles. The fraction of sp³-hybridized carbons (Fsp3) is 0.211. The SMILES string of the molecule is Cc1c(C)c2ccc(OC(CF)c3ccccc3)cc2oc1=O. The average Bonchev–Trinajstić information content (AvgIpc) is 2.58. The molecule has 3 nitrogen and oxygen atoms in total. The van der Waals surface area contributed by atoms with Crippen LogP contribution in [0.5, 0.6) is 5.75 Å². The van der Waals surface area contributed by atoms with E-state index in [1.807, 2.05) is 43.3 Å². The number of halogens is 1. The second-order valence-electron chi connectivity index (χ2n) is 5.47. The van der Waals surface area contributed by atoms with Crippen LogP contribution in [0.3, 0.4) is 0 Å². The monoisotopic (exact) mass is 312 g/mol. The van der Waals surface area contributed by atoms with E-state index in [0.717, 1.165) is 16.5 Å². The van der Waals surface area contributed by atoms with Crippen molar-refractivity contribution in [3.63, 3.8) is 0 Å². The molecule has 2 aromatic carbocycles. The first-order valence-electron chi connectivity index (χ1n) is 7.42. The van der Waals surface area contributed by atoms with Crippen LogP contribution < -0.4 is 10.4 Å². The van der Waals surface area contributed by atoms with Gasteiger partial charge in [0, 0.05) is 17.0 Å². The topological polar surface area (TPSA) is 39.4 Å². The highest BCUT2D eigenvalue weighted by molar-refractivity contribution is 5.82. The summed E-state index contributed by atoms with van der Waals surface area (Å²) < 4.78 is 24.4. The Morgan fingerprint density at radius 2 is 1.83 bits per heavy atom. The van der Waals surface area contributed by atoms with Gasteiger partial charge in [-0.3, -0.25) is 0 Å². The summed E-state index contributed by atoms with van der Waals surface area (Å²) in [5, 5.41) is 0.853. The summed E-state index contributed by atoms with van der Waals surface area (Å²) in [6.45, 7) is 2.97. The van der Waals surface area contributed by atoms with Crippen molar-refractivity contribution in [2.24, 2.45) is 0 Å². The number of rotatable bonds is 4. The number of hydrogen-bond acceptors (Lipinski definition) is 3. The lowest BCUT2D eigenvalue weighted by atomic mass is 10.1. The van der Waals surface area contributed by atoms with E-state index in [2.05, 4.69) is 0 Å². The van der Waals surface area contributed by atoms with Gasteiger partial charge < -0.3 is 9.15 Å². The third kappa shape index (κ3) is 2.97. The van der Waals surface area contributed by atoms with Gasteiger partial charge in [0.25, 0.3) is 0 Å². The predicted molar refractivity (Wildman–Crippen MR) is 87.7 cm³/mol. The number of benzene rings is 2. The van der Waals surface area contributed by atoms with E-state index < -0.39 is 12.8 Å². The molecule has 1 unspecified atom stereocenters. The van der Waals surface area contributed by atoms with Crippen molar-refractivity contribution >= 4 is 11.0 Å². The Balaban J connectivity index is 1.97. The first-order chi connectivity index (χ1) is 11.1. The maximum Gasteiger partial charge on any atom is 0.339 e. The zero-order valence-corrected chi connectivity index (χ0v) is 13.0. The van der Waals surface area contributed by atoms with Gasteiger partial charge in [-0.2, -0.15) is 0 Å². The van der Waals surface area contributed by atoms with E-state index in [1.165, 1.54) is 0 Å². The van der Waals surface area contributed by atoms with Crippen molar-refractivity contribution in [2.45, 2.75) is 20.0 Å². The molecule has 0 fully saturated rings. The lowest BCUT2D eigenvalue weighted by Gasteiger charge is -2.17. The number of ether oxygens (including phenoxy) is 1. The molecule has 1 heterocycles. The molecule has 118 valence electrons. The molecule has 1 atom stereocenters. The quantitative estimate of drug-likeness (QED) is 0.666. The maximum atomic E-state index is 13.3. The molecule has 23 heavy (non-hydrogen) atoms. The van der Waals surface area contributed by atoms with Crippen LogP contribution >= 0.6 is 0 Å². The summed E-state index contributed by atoms with van der Waals surface area (Å²) in [6.07, 6.45) is -0.688. The molecule has 0 bridgehead atoms. The molecule has 1 aromatic heterocycles. The van der Waals surface area contributed by atoms with Crippen molar-refractivity contribution in [1.82, 2.24) is 0 Å². The second kappa shape index (κ2) is 6.24. The van der Waals surface area contributed by atoms with Gasteiger partial charge in [-0.15, -0.1) is 0 Å².